The third-order valence-corrected chi connectivity index (χ3v) is 5.34. The molecule has 6 nitrogen and oxygen atoms in total. The van der Waals surface area contributed by atoms with Gasteiger partial charge in [0.15, 0.2) is 0 Å². The molecule has 2 aromatic rings. The number of hydrogen-bond donors (Lipinski definition) is 0. The van der Waals surface area contributed by atoms with E-state index in [4.69, 9.17) is 0 Å². The molecule has 4 rings (SSSR count). The largest absolute Gasteiger partial charge is 0.342 e. The van der Waals surface area contributed by atoms with Gasteiger partial charge < -0.3 is 4.90 Å². The molecule has 1 amide bonds. The van der Waals surface area contributed by atoms with Gasteiger partial charge in [-0.2, -0.15) is 10.2 Å². The maximum absolute atomic E-state index is 12.7. The molecule has 0 N–H and O–H groups in total. The average molecular weight is 313 g/mol. The van der Waals surface area contributed by atoms with Crippen LogP contribution in [0.4, 0.5) is 0 Å². The molecule has 2 aromatic heterocycles. The Hall–Kier alpha value is -2.11. The SMILES string of the molecule is Cn1cc([C@@H]2C[C@H]2C(=O)N2CCC(c3ccnn3C)CC2)cn1. The Balaban J connectivity index is 1.34. The summed E-state index contributed by atoms with van der Waals surface area (Å²) >= 11 is 0. The van der Waals surface area contributed by atoms with Gasteiger partial charge in [0, 0.05) is 57.1 Å². The number of aromatic nitrogens is 4. The van der Waals surface area contributed by atoms with Crippen LogP contribution in [0.15, 0.2) is 24.7 Å². The first-order valence-electron chi connectivity index (χ1n) is 8.38. The molecule has 1 aliphatic carbocycles. The second-order valence-electron chi connectivity index (χ2n) is 6.88. The molecular formula is C17H23N5O. The van der Waals surface area contributed by atoms with Crippen LogP contribution in [0.25, 0.3) is 0 Å². The van der Waals surface area contributed by atoms with Crippen LogP contribution in [-0.2, 0) is 18.9 Å². The maximum Gasteiger partial charge on any atom is 0.226 e. The van der Waals surface area contributed by atoms with E-state index in [1.165, 1.54) is 11.3 Å². The third-order valence-electron chi connectivity index (χ3n) is 5.34. The molecule has 6 heteroatoms. The van der Waals surface area contributed by atoms with Crippen LogP contribution in [0.2, 0.25) is 0 Å². The Morgan fingerprint density at radius 3 is 2.61 bits per heavy atom. The fraction of sp³-hybridized carbons (Fsp3) is 0.588. The summed E-state index contributed by atoms with van der Waals surface area (Å²) in [6.07, 6.45) is 8.84. The number of likely N-dealkylation sites (tertiary alicyclic amines) is 1. The Labute approximate surface area is 136 Å². The van der Waals surface area contributed by atoms with Crippen LogP contribution >= 0.6 is 0 Å². The van der Waals surface area contributed by atoms with Crippen molar-refractivity contribution in [2.45, 2.75) is 31.1 Å². The molecule has 0 spiro atoms. The van der Waals surface area contributed by atoms with Gasteiger partial charge in [0.05, 0.1) is 6.20 Å². The number of amides is 1. The molecule has 2 fully saturated rings. The number of carbonyl (C=O) groups is 1. The molecule has 122 valence electrons. The van der Waals surface area contributed by atoms with Crippen molar-refractivity contribution in [3.63, 3.8) is 0 Å². The van der Waals surface area contributed by atoms with Crippen LogP contribution in [0.3, 0.4) is 0 Å². The van der Waals surface area contributed by atoms with Gasteiger partial charge >= 0.3 is 0 Å². The first-order valence-corrected chi connectivity index (χ1v) is 8.38. The van der Waals surface area contributed by atoms with E-state index in [9.17, 15) is 4.79 Å². The molecule has 0 bridgehead atoms. The smallest absolute Gasteiger partial charge is 0.226 e. The topological polar surface area (TPSA) is 56.0 Å². The monoisotopic (exact) mass is 313 g/mol. The normalized spacial score (nSPS) is 24.9. The second-order valence-corrected chi connectivity index (χ2v) is 6.88. The Morgan fingerprint density at radius 1 is 1.22 bits per heavy atom. The van der Waals surface area contributed by atoms with Crippen molar-refractivity contribution in [1.82, 2.24) is 24.5 Å². The Bertz CT molecular complexity index is 710. The lowest BCUT2D eigenvalue weighted by atomic mass is 9.93. The van der Waals surface area contributed by atoms with E-state index in [1.807, 2.05) is 42.0 Å². The highest BCUT2D eigenvalue weighted by atomic mass is 16.2. The van der Waals surface area contributed by atoms with Gasteiger partial charge in [-0.15, -0.1) is 0 Å². The van der Waals surface area contributed by atoms with Gasteiger partial charge in [0.1, 0.15) is 0 Å². The van der Waals surface area contributed by atoms with Gasteiger partial charge in [-0.1, -0.05) is 0 Å². The number of carbonyl (C=O) groups excluding carboxylic acids is 1. The summed E-state index contributed by atoms with van der Waals surface area (Å²) in [5, 5.41) is 8.47. The minimum atomic E-state index is 0.174. The highest BCUT2D eigenvalue weighted by molar-refractivity contribution is 5.83. The molecule has 0 unspecified atom stereocenters. The van der Waals surface area contributed by atoms with E-state index < -0.39 is 0 Å². The summed E-state index contributed by atoms with van der Waals surface area (Å²) in [4.78, 5) is 14.8. The molecule has 0 radical (unpaired) electrons. The highest BCUT2D eigenvalue weighted by Crippen LogP contribution is 2.48. The van der Waals surface area contributed by atoms with Gasteiger partial charge in [0.25, 0.3) is 0 Å². The van der Waals surface area contributed by atoms with E-state index >= 15 is 0 Å². The van der Waals surface area contributed by atoms with Gasteiger partial charge in [0.2, 0.25) is 5.91 Å². The van der Waals surface area contributed by atoms with Crippen molar-refractivity contribution in [3.8, 4) is 0 Å². The standard InChI is InChI=1S/C17H23N5O/c1-20-11-13(10-19-20)14-9-15(14)17(23)22-7-4-12(5-8-22)16-3-6-18-21(16)2/h3,6,10-12,14-15H,4-5,7-9H2,1-2H3/t14-,15+/m0/s1. The predicted molar refractivity (Wildman–Crippen MR) is 85.8 cm³/mol. The minimum Gasteiger partial charge on any atom is -0.342 e. The summed E-state index contributed by atoms with van der Waals surface area (Å²) in [5.41, 5.74) is 2.49. The van der Waals surface area contributed by atoms with E-state index in [1.54, 1.807) is 0 Å². The second kappa shape index (κ2) is 5.51. The lowest BCUT2D eigenvalue weighted by Gasteiger charge is -2.32. The zero-order chi connectivity index (χ0) is 16.0. The van der Waals surface area contributed by atoms with Crippen molar-refractivity contribution in [1.29, 1.82) is 0 Å². The van der Waals surface area contributed by atoms with E-state index in [0.717, 1.165) is 32.4 Å². The Kier molecular flexibility index (Phi) is 3.47. The van der Waals surface area contributed by atoms with E-state index in [2.05, 4.69) is 21.2 Å². The quantitative estimate of drug-likeness (QED) is 0.866. The summed E-state index contributed by atoms with van der Waals surface area (Å²) in [7, 11) is 3.92. The predicted octanol–water partition coefficient (Wildman–Crippen LogP) is 1.66. The highest BCUT2D eigenvalue weighted by Gasteiger charge is 2.46. The van der Waals surface area contributed by atoms with Crippen LogP contribution in [0.1, 0.15) is 42.4 Å². The molecule has 2 atom stereocenters. The van der Waals surface area contributed by atoms with Gasteiger partial charge in [-0.25, -0.2) is 0 Å². The lowest BCUT2D eigenvalue weighted by Crippen LogP contribution is -2.39. The van der Waals surface area contributed by atoms with Gasteiger partial charge in [-0.3, -0.25) is 14.2 Å². The fourth-order valence-electron chi connectivity index (χ4n) is 3.88. The molecule has 23 heavy (non-hydrogen) atoms. The molecule has 1 saturated carbocycles. The molecular weight excluding hydrogens is 290 g/mol. The van der Waals surface area contributed by atoms with E-state index in [-0.39, 0.29) is 5.92 Å². The zero-order valence-corrected chi connectivity index (χ0v) is 13.7. The van der Waals surface area contributed by atoms with Crippen molar-refractivity contribution in [2.75, 3.05) is 13.1 Å². The molecule has 3 heterocycles. The third kappa shape index (κ3) is 2.66. The number of hydrogen-bond acceptors (Lipinski definition) is 3. The molecule has 1 saturated heterocycles. The average Bonchev–Trinajstić information content (AvgIpc) is 3.06. The minimum absolute atomic E-state index is 0.174. The van der Waals surface area contributed by atoms with Crippen LogP contribution in [-0.4, -0.2) is 43.5 Å². The number of nitrogens with zero attached hydrogens (tertiary/aromatic N) is 5. The number of piperidine rings is 1. The summed E-state index contributed by atoms with van der Waals surface area (Å²) in [6.45, 7) is 1.73. The molecule has 2 aliphatic rings. The van der Waals surface area contributed by atoms with Gasteiger partial charge in [-0.05, 0) is 36.8 Å². The van der Waals surface area contributed by atoms with Crippen molar-refractivity contribution in [3.05, 3.63) is 35.9 Å². The zero-order valence-electron chi connectivity index (χ0n) is 13.7. The number of rotatable bonds is 3. The molecule has 0 aromatic carbocycles. The number of aryl methyl sites for hydroxylation is 2. The first kappa shape index (κ1) is 14.5. The van der Waals surface area contributed by atoms with E-state index in [0.29, 0.717) is 17.7 Å². The fourth-order valence-corrected chi connectivity index (χ4v) is 3.88. The Morgan fingerprint density at radius 2 is 2.00 bits per heavy atom. The van der Waals surface area contributed by atoms with Crippen LogP contribution in [0.5, 0.6) is 0 Å². The van der Waals surface area contributed by atoms with Crippen LogP contribution in [0, 0.1) is 5.92 Å². The summed E-state index contributed by atoms with van der Waals surface area (Å²) in [6, 6.07) is 2.10. The van der Waals surface area contributed by atoms with Crippen molar-refractivity contribution < 1.29 is 4.79 Å². The lowest BCUT2D eigenvalue weighted by molar-refractivity contribution is -0.133. The molecule has 1 aliphatic heterocycles. The van der Waals surface area contributed by atoms with Crippen molar-refractivity contribution >= 4 is 5.91 Å². The van der Waals surface area contributed by atoms with Crippen LogP contribution < -0.4 is 0 Å². The summed E-state index contributed by atoms with van der Waals surface area (Å²) < 4.78 is 3.77. The summed E-state index contributed by atoms with van der Waals surface area (Å²) in [5.74, 6) is 1.42. The maximum atomic E-state index is 12.7. The van der Waals surface area contributed by atoms with Crippen molar-refractivity contribution in [2.24, 2.45) is 20.0 Å². The first-order chi connectivity index (χ1) is 11.1.